The monoisotopic (exact) mass is 253 g/mol. The Balaban J connectivity index is 1.83. The predicted octanol–water partition coefficient (Wildman–Crippen LogP) is 2.33. The largest absolute Gasteiger partial charge is 0.326 e. The summed E-state index contributed by atoms with van der Waals surface area (Å²) in [6.07, 6.45) is 6.63. The zero-order chi connectivity index (χ0) is 12.1. The van der Waals surface area contributed by atoms with Crippen molar-refractivity contribution in [1.29, 1.82) is 0 Å². The van der Waals surface area contributed by atoms with Crippen LogP contribution in [0.2, 0.25) is 0 Å². The van der Waals surface area contributed by atoms with Crippen molar-refractivity contribution in [3.05, 3.63) is 15.6 Å². The minimum absolute atomic E-state index is 0.632. The smallest absolute Gasteiger partial charge is 0.0944 e. The van der Waals surface area contributed by atoms with E-state index in [-0.39, 0.29) is 0 Å². The molecule has 2 N–H and O–H groups in total. The van der Waals surface area contributed by atoms with Gasteiger partial charge in [0.1, 0.15) is 0 Å². The van der Waals surface area contributed by atoms with Gasteiger partial charge in [-0.15, -0.1) is 11.3 Å². The number of nitrogens with zero attached hydrogens (tertiary/aromatic N) is 2. The highest BCUT2D eigenvalue weighted by Crippen LogP contribution is 2.18. The van der Waals surface area contributed by atoms with Crippen molar-refractivity contribution in [2.45, 2.75) is 45.6 Å². The Morgan fingerprint density at radius 1 is 1.24 bits per heavy atom. The molecule has 3 nitrogen and oxygen atoms in total. The van der Waals surface area contributed by atoms with Crippen LogP contribution >= 0.6 is 11.3 Å². The summed E-state index contributed by atoms with van der Waals surface area (Å²) in [7, 11) is 0. The normalized spacial score (nSPS) is 18.2. The molecule has 1 fully saturated rings. The van der Waals surface area contributed by atoms with Gasteiger partial charge in [0.05, 0.1) is 10.7 Å². The molecule has 0 radical (unpaired) electrons. The number of aryl methyl sites for hydroxylation is 1. The Bertz CT molecular complexity index is 340. The number of hydrogen-bond acceptors (Lipinski definition) is 4. The van der Waals surface area contributed by atoms with E-state index in [9.17, 15) is 0 Å². The molecule has 1 aromatic heterocycles. The highest BCUT2D eigenvalue weighted by atomic mass is 32.1. The van der Waals surface area contributed by atoms with E-state index in [4.69, 9.17) is 5.73 Å². The Kier molecular flexibility index (Phi) is 4.95. The molecule has 1 saturated heterocycles. The molecule has 4 heteroatoms. The summed E-state index contributed by atoms with van der Waals surface area (Å²) in [6, 6.07) is 0. The van der Waals surface area contributed by atoms with Crippen molar-refractivity contribution in [2.24, 2.45) is 5.73 Å². The van der Waals surface area contributed by atoms with Crippen LogP contribution in [-0.2, 0) is 13.0 Å². The summed E-state index contributed by atoms with van der Waals surface area (Å²) in [5, 5.41) is 1.26. The zero-order valence-corrected chi connectivity index (χ0v) is 11.6. The van der Waals surface area contributed by atoms with Crippen LogP contribution in [-0.4, -0.2) is 29.5 Å². The second kappa shape index (κ2) is 6.47. The van der Waals surface area contributed by atoms with Crippen molar-refractivity contribution < 1.29 is 0 Å². The van der Waals surface area contributed by atoms with Gasteiger partial charge in [-0.1, -0.05) is 12.8 Å². The Morgan fingerprint density at radius 3 is 2.53 bits per heavy atom. The van der Waals surface area contributed by atoms with Crippen LogP contribution in [0.1, 0.15) is 41.3 Å². The van der Waals surface area contributed by atoms with Gasteiger partial charge < -0.3 is 10.6 Å². The van der Waals surface area contributed by atoms with Crippen LogP contribution in [0.25, 0.3) is 0 Å². The first-order valence-electron chi connectivity index (χ1n) is 6.67. The Morgan fingerprint density at radius 2 is 1.94 bits per heavy atom. The number of nitrogens with two attached hydrogens (primary N) is 1. The van der Waals surface area contributed by atoms with Crippen LogP contribution in [0.3, 0.4) is 0 Å². The lowest BCUT2D eigenvalue weighted by Gasteiger charge is -2.18. The van der Waals surface area contributed by atoms with Crippen LogP contribution < -0.4 is 5.73 Å². The van der Waals surface area contributed by atoms with Crippen molar-refractivity contribution in [2.75, 3.05) is 19.6 Å². The second-order valence-corrected chi connectivity index (χ2v) is 5.99. The molecule has 2 heterocycles. The van der Waals surface area contributed by atoms with E-state index < -0.39 is 0 Å². The van der Waals surface area contributed by atoms with Gasteiger partial charge in [-0.25, -0.2) is 4.98 Å². The van der Waals surface area contributed by atoms with Crippen LogP contribution in [0.5, 0.6) is 0 Å². The lowest BCUT2D eigenvalue weighted by atomic mass is 10.2. The van der Waals surface area contributed by atoms with Crippen molar-refractivity contribution in [3.63, 3.8) is 0 Å². The van der Waals surface area contributed by atoms with E-state index in [2.05, 4.69) is 16.8 Å². The fourth-order valence-electron chi connectivity index (χ4n) is 2.40. The molecule has 2 rings (SSSR count). The number of hydrogen-bond donors (Lipinski definition) is 1. The molecule has 96 valence electrons. The summed E-state index contributed by atoms with van der Waals surface area (Å²) in [5.74, 6) is 0. The third-order valence-electron chi connectivity index (χ3n) is 3.46. The molecule has 0 spiro atoms. The van der Waals surface area contributed by atoms with E-state index >= 15 is 0 Å². The van der Waals surface area contributed by atoms with E-state index in [1.807, 2.05) is 0 Å². The SMILES string of the molecule is Cc1nc(CCN2CCCCCC2)sc1CN. The third-order valence-corrected chi connectivity index (χ3v) is 4.70. The molecule has 0 saturated carbocycles. The number of thiazole rings is 1. The quantitative estimate of drug-likeness (QED) is 0.895. The molecular formula is C13H23N3S. The third kappa shape index (κ3) is 3.76. The second-order valence-electron chi connectivity index (χ2n) is 4.83. The van der Waals surface area contributed by atoms with Crippen LogP contribution in [0, 0.1) is 6.92 Å². The molecule has 0 aliphatic carbocycles. The van der Waals surface area contributed by atoms with Gasteiger partial charge in [0.25, 0.3) is 0 Å². The maximum absolute atomic E-state index is 5.68. The maximum Gasteiger partial charge on any atom is 0.0944 e. The average molecular weight is 253 g/mol. The standard InChI is InChI=1S/C13H23N3S/c1-11-12(10-14)17-13(15-11)6-9-16-7-4-2-3-5-8-16/h2-10,14H2,1H3. The molecular weight excluding hydrogens is 230 g/mol. The summed E-state index contributed by atoms with van der Waals surface area (Å²) in [6.45, 7) is 6.40. The molecule has 0 atom stereocenters. The number of aromatic nitrogens is 1. The topological polar surface area (TPSA) is 42.2 Å². The van der Waals surface area contributed by atoms with Crippen molar-refractivity contribution in [3.8, 4) is 0 Å². The lowest BCUT2D eigenvalue weighted by molar-refractivity contribution is 0.288. The molecule has 0 amide bonds. The van der Waals surface area contributed by atoms with Gasteiger partial charge in [-0.2, -0.15) is 0 Å². The fraction of sp³-hybridized carbons (Fsp3) is 0.769. The van der Waals surface area contributed by atoms with E-state index in [0.717, 1.165) is 18.7 Å². The van der Waals surface area contributed by atoms with Crippen LogP contribution in [0.15, 0.2) is 0 Å². The summed E-state index contributed by atoms with van der Waals surface area (Å²) >= 11 is 1.79. The highest BCUT2D eigenvalue weighted by molar-refractivity contribution is 7.11. The summed E-state index contributed by atoms with van der Waals surface area (Å²) in [4.78, 5) is 8.44. The first-order valence-corrected chi connectivity index (χ1v) is 7.49. The average Bonchev–Trinajstić information content (AvgIpc) is 2.55. The predicted molar refractivity (Wildman–Crippen MR) is 73.4 cm³/mol. The van der Waals surface area contributed by atoms with Gasteiger partial charge in [-0.05, 0) is 32.9 Å². The first kappa shape index (κ1) is 13.0. The van der Waals surface area contributed by atoms with Crippen LogP contribution in [0.4, 0.5) is 0 Å². The minimum Gasteiger partial charge on any atom is -0.326 e. The van der Waals surface area contributed by atoms with Gasteiger partial charge in [0, 0.05) is 24.4 Å². The Labute approximate surface area is 108 Å². The summed E-state index contributed by atoms with van der Waals surface area (Å²) < 4.78 is 0. The van der Waals surface area contributed by atoms with Gasteiger partial charge >= 0.3 is 0 Å². The van der Waals surface area contributed by atoms with Gasteiger partial charge in [0.15, 0.2) is 0 Å². The zero-order valence-electron chi connectivity index (χ0n) is 10.7. The molecule has 0 bridgehead atoms. The lowest BCUT2D eigenvalue weighted by Crippen LogP contribution is -2.26. The molecule has 1 aliphatic heterocycles. The number of likely N-dealkylation sites (tertiary alicyclic amines) is 1. The Hall–Kier alpha value is -0.450. The molecule has 1 aliphatic rings. The molecule has 0 aromatic carbocycles. The van der Waals surface area contributed by atoms with Gasteiger partial charge in [0.2, 0.25) is 0 Å². The van der Waals surface area contributed by atoms with E-state index in [0.29, 0.717) is 6.54 Å². The molecule has 1 aromatic rings. The van der Waals surface area contributed by atoms with Gasteiger partial charge in [-0.3, -0.25) is 0 Å². The molecule has 17 heavy (non-hydrogen) atoms. The fourth-order valence-corrected chi connectivity index (χ4v) is 3.34. The van der Waals surface area contributed by atoms with Crippen molar-refractivity contribution in [1.82, 2.24) is 9.88 Å². The summed E-state index contributed by atoms with van der Waals surface area (Å²) in [5.41, 5.74) is 6.81. The highest BCUT2D eigenvalue weighted by Gasteiger charge is 2.11. The first-order chi connectivity index (χ1) is 8.29. The number of rotatable bonds is 4. The van der Waals surface area contributed by atoms with E-state index in [1.165, 1.54) is 48.7 Å². The molecule has 0 unspecified atom stereocenters. The van der Waals surface area contributed by atoms with E-state index in [1.54, 1.807) is 11.3 Å². The minimum atomic E-state index is 0.632. The van der Waals surface area contributed by atoms with Crippen molar-refractivity contribution >= 4 is 11.3 Å². The maximum atomic E-state index is 5.68.